The minimum Gasteiger partial charge on any atom is -0.0836 e. The maximum atomic E-state index is 2.28. The molecule has 1 aliphatic rings. The standard InChI is InChI=1S/C15H18/c1-11-8-9-15(13(3)10-11)14-7-5-4-6-12(14)2/h5,7-10H,4,6H2,1-3H3. The highest BCUT2D eigenvalue weighted by Gasteiger charge is 2.08. The average Bonchev–Trinajstić information content (AvgIpc) is 2.20. The summed E-state index contributed by atoms with van der Waals surface area (Å²) in [7, 11) is 0. The van der Waals surface area contributed by atoms with Gasteiger partial charge in [-0.05, 0) is 50.3 Å². The van der Waals surface area contributed by atoms with E-state index in [0.717, 1.165) is 0 Å². The fourth-order valence-corrected chi connectivity index (χ4v) is 2.21. The molecule has 78 valence electrons. The molecule has 0 aliphatic heterocycles. The lowest BCUT2D eigenvalue weighted by atomic mass is 9.90. The Morgan fingerprint density at radius 2 is 1.87 bits per heavy atom. The predicted octanol–water partition coefficient (Wildman–Crippen LogP) is 4.43. The highest BCUT2D eigenvalue weighted by Crippen LogP contribution is 2.29. The first-order valence-corrected chi connectivity index (χ1v) is 5.62. The van der Waals surface area contributed by atoms with Gasteiger partial charge in [-0.1, -0.05) is 41.5 Å². The fraction of sp³-hybridized carbons (Fsp3) is 0.333. The Morgan fingerprint density at radius 1 is 1.07 bits per heavy atom. The summed E-state index contributed by atoms with van der Waals surface area (Å²) < 4.78 is 0. The van der Waals surface area contributed by atoms with Crippen molar-refractivity contribution >= 4 is 5.57 Å². The van der Waals surface area contributed by atoms with Gasteiger partial charge in [0.05, 0.1) is 0 Å². The van der Waals surface area contributed by atoms with Crippen molar-refractivity contribution in [2.45, 2.75) is 33.6 Å². The van der Waals surface area contributed by atoms with Gasteiger partial charge >= 0.3 is 0 Å². The van der Waals surface area contributed by atoms with E-state index in [0.29, 0.717) is 0 Å². The average molecular weight is 198 g/mol. The van der Waals surface area contributed by atoms with Crippen LogP contribution in [0.25, 0.3) is 5.57 Å². The van der Waals surface area contributed by atoms with Crippen LogP contribution in [0.4, 0.5) is 0 Å². The van der Waals surface area contributed by atoms with Gasteiger partial charge in [-0.2, -0.15) is 0 Å². The maximum absolute atomic E-state index is 2.28. The first kappa shape index (κ1) is 10.2. The van der Waals surface area contributed by atoms with Gasteiger partial charge < -0.3 is 0 Å². The number of hydrogen-bond acceptors (Lipinski definition) is 0. The van der Waals surface area contributed by atoms with E-state index < -0.39 is 0 Å². The molecule has 0 amide bonds. The molecule has 0 nitrogen and oxygen atoms in total. The lowest BCUT2D eigenvalue weighted by molar-refractivity contribution is 0.967. The lowest BCUT2D eigenvalue weighted by Gasteiger charge is -2.15. The van der Waals surface area contributed by atoms with Crippen LogP contribution in [0.1, 0.15) is 36.5 Å². The largest absolute Gasteiger partial charge is 0.0836 e. The SMILES string of the molecule is CC1=C(c2ccc(C)cc2C)C=CCC1. The summed E-state index contributed by atoms with van der Waals surface area (Å²) in [5, 5.41) is 0. The van der Waals surface area contributed by atoms with Crippen molar-refractivity contribution in [3.8, 4) is 0 Å². The van der Waals surface area contributed by atoms with Crippen LogP contribution in [-0.4, -0.2) is 0 Å². The molecule has 0 aromatic heterocycles. The summed E-state index contributed by atoms with van der Waals surface area (Å²) in [5.41, 5.74) is 7.07. The van der Waals surface area contributed by atoms with Crippen molar-refractivity contribution in [2.75, 3.05) is 0 Å². The second-order valence-electron chi connectivity index (χ2n) is 4.45. The van der Waals surface area contributed by atoms with Crippen LogP contribution in [0, 0.1) is 13.8 Å². The van der Waals surface area contributed by atoms with Gasteiger partial charge in [0.2, 0.25) is 0 Å². The minimum atomic E-state index is 1.19. The molecule has 2 rings (SSSR count). The highest BCUT2D eigenvalue weighted by molar-refractivity contribution is 5.79. The minimum absolute atomic E-state index is 1.19. The number of rotatable bonds is 1. The molecule has 0 radical (unpaired) electrons. The normalized spacial score (nSPS) is 15.9. The molecule has 1 aliphatic carbocycles. The lowest BCUT2D eigenvalue weighted by Crippen LogP contribution is -1.94. The summed E-state index contributed by atoms with van der Waals surface area (Å²) in [4.78, 5) is 0. The summed E-state index contributed by atoms with van der Waals surface area (Å²) in [6.45, 7) is 6.60. The third kappa shape index (κ3) is 2.04. The Balaban J connectivity index is 2.50. The van der Waals surface area contributed by atoms with E-state index in [-0.39, 0.29) is 0 Å². The second-order valence-corrected chi connectivity index (χ2v) is 4.45. The van der Waals surface area contributed by atoms with E-state index in [1.165, 1.54) is 40.7 Å². The van der Waals surface area contributed by atoms with Crippen LogP contribution >= 0.6 is 0 Å². The highest BCUT2D eigenvalue weighted by atomic mass is 14.1. The van der Waals surface area contributed by atoms with E-state index in [2.05, 4.69) is 51.1 Å². The van der Waals surface area contributed by atoms with Gasteiger partial charge in [-0.15, -0.1) is 0 Å². The summed E-state index contributed by atoms with van der Waals surface area (Å²) in [6, 6.07) is 6.71. The van der Waals surface area contributed by atoms with Crippen LogP contribution in [-0.2, 0) is 0 Å². The zero-order valence-electron chi connectivity index (χ0n) is 9.80. The topological polar surface area (TPSA) is 0 Å². The van der Waals surface area contributed by atoms with Crippen molar-refractivity contribution in [3.05, 3.63) is 52.6 Å². The van der Waals surface area contributed by atoms with Crippen molar-refractivity contribution in [1.82, 2.24) is 0 Å². The van der Waals surface area contributed by atoms with Crippen molar-refractivity contribution in [1.29, 1.82) is 0 Å². The van der Waals surface area contributed by atoms with Gasteiger partial charge in [-0.3, -0.25) is 0 Å². The molecule has 0 fully saturated rings. The Hall–Kier alpha value is -1.30. The molecule has 0 atom stereocenters. The number of aryl methyl sites for hydroxylation is 2. The number of benzene rings is 1. The van der Waals surface area contributed by atoms with Gasteiger partial charge in [0.15, 0.2) is 0 Å². The zero-order valence-corrected chi connectivity index (χ0v) is 9.80. The molecule has 0 heteroatoms. The van der Waals surface area contributed by atoms with Crippen LogP contribution in [0.2, 0.25) is 0 Å². The van der Waals surface area contributed by atoms with Gasteiger partial charge in [0.1, 0.15) is 0 Å². The van der Waals surface area contributed by atoms with E-state index in [1.54, 1.807) is 0 Å². The van der Waals surface area contributed by atoms with E-state index >= 15 is 0 Å². The maximum Gasteiger partial charge on any atom is -0.0155 e. The first-order valence-electron chi connectivity index (χ1n) is 5.62. The van der Waals surface area contributed by atoms with Crippen LogP contribution in [0.3, 0.4) is 0 Å². The van der Waals surface area contributed by atoms with Crippen molar-refractivity contribution < 1.29 is 0 Å². The van der Waals surface area contributed by atoms with Gasteiger partial charge in [-0.25, -0.2) is 0 Å². The second kappa shape index (κ2) is 4.06. The molecule has 1 aromatic rings. The molecular formula is C15H18. The monoisotopic (exact) mass is 198 g/mol. The van der Waals surface area contributed by atoms with Crippen molar-refractivity contribution in [2.24, 2.45) is 0 Å². The summed E-state index contributed by atoms with van der Waals surface area (Å²) >= 11 is 0. The molecule has 15 heavy (non-hydrogen) atoms. The van der Waals surface area contributed by atoms with E-state index in [9.17, 15) is 0 Å². The van der Waals surface area contributed by atoms with Crippen LogP contribution in [0.15, 0.2) is 35.9 Å². The number of hydrogen-bond donors (Lipinski definition) is 0. The fourth-order valence-electron chi connectivity index (χ4n) is 2.21. The smallest absolute Gasteiger partial charge is 0.0155 e. The Bertz CT molecular complexity index is 433. The van der Waals surface area contributed by atoms with Crippen LogP contribution in [0.5, 0.6) is 0 Å². The molecule has 0 N–H and O–H groups in total. The molecule has 0 saturated heterocycles. The Morgan fingerprint density at radius 3 is 2.53 bits per heavy atom. The summed E-state index contributed by atoms with van der Waals surface area (Å²) in [6.07, 6.45) is 6.96. The molecule has 0 bridgehead atoms. The Kier molecular flexibility index (Phi) is 2.77. The molecular weight excluding hydrogens is 180 g/mol. The van der Waals surface area contributed by atoms with Gasteiger partial charge in [0.25, 0.3) is 0 Å². The number of allylic oxidation sites excluding steroid dienone is 4. The van der Waals surface area contributed by atoms with Crippen LogP contribution < -0.4 is 0 Å². The molecule has 0 saturated carbocycles. The van der Waals surface area contributed by atoms with E-state index in [1.807, 2.05) is 0 Å². The predicted molar refractivity (Wildman–Crippen MR) is 66.9 cm³/mol. The third-order valence-electron chi connectivity index (χ3n) is 3.10. The molecule has 1 aromatic carbocycles. The summed E-state index contributed by atoms with van der Waals surface area (Å²) in [5.74, 6) is 0. The third-order valence-corrected chi connectivity index (χ3v) is 3.10. The van der Waals surface area contributed by atoms with Gasteiger partial charge in [0, 0.05) is 0 Å². The first-order chi connectivity index (χ1) is 7.18. The van der Waals surface area contributed by atoms with Crippen molar-refractivity contribution in [3.63, 3.8) is 0 Å². The zero-order chi connectivity index (χ0) is 10.8. The quantitative estimate of drug-likeness (QED) is 0.626. The van der Waals surface area contributed by atoms with E-state index in [4.69, 9.17) is 0 Å². The molecule has 0 heterocycles. The Labute approximate surface area is 92.3 Å². The molecule has 0 spiro atoms. The molecule has 0 unspecified atom stereocenters.